The standard InChI is InChI=1S/C16H20BrN3O/c1-4-18-16-14(17)13(8-10(2)3)19-15(20-16)11-6-5-7-12(21)9-11/h5-7,9-10,21H,4,8H2,1-3H3,(H,18,19,20). The van der Waals surface area contributed by atoms with E-state index in [4.69, 9.17) is 0 Å². The zero-order valence-corrected chi connectivity index (χ0v) is 14.1. The minimum Gasteiger partial charge on any atom is -0.508 e. The summed E-state index contributed by atoms with van der Waals surface area (Å²) in [6.07, 6.45) is 0.868. The second kappa shape index (κ2) is 6.89. The Bertz CT molecular complexity index is 629. The topological polar surface area (TPSA) is 58.0 Å². The van der Waals surface area contributed by atoms with E-state index in [-0.39, 0.29) is 5.75 Å². The number of hydrogen-bond acceptors (Lipinski definition) is 4. The van der Waals surface area contributed by atoms with Gasteiger partial charge in [0.05, 0.1) is 10.2 Å². The van der Waals surface area contributed by atoms with Crippen LogP contribution in [0, 0.1) is 5.92 Å². The monoisotopic (exact) mass is 349 g/mol. The summed E-state index contributed by atoms with van der Waals surface area (Å²) < 4.78 is 0.918. The number of aromatic hydroxyl groups is 1. The number of aromatic nitrogens is 2. The van der Waals surface area contributed by atoms with Gasteiger partial charge in [0.15, 0.2) is 5.82 Å². The van der Waals surface area contributed by atoms with Crippen LogP contribution in [-0.2, 0) is 6.42 Å². The first kappa shape index (κ1) is 15.8. The molecule has 0 aliphatic heterocycles. The number of halogens is 1. The summed E-state index contributed by atoms with van der Waals surface area (Å²) in [5, 5.41) is 12.9. The summed E-state index contributed by atoms with van der Waals surface area (Å²) in [5.74, 6) is 2.14. The van der Waals surface area contributed by atoms with Gasteiger partial charge in [-0.05, 0) is 47.3 Å². The maximum atomic E-state index is 9.64. The summed E-state index contributed by atoms with van der Waals surface area (Å²) >= 11 is 3.60. The molecule has 2 rings (SSSR count). The van der Waals surface area contributed by atoms with E-state index in [9.17, 15) is 5.11 Å². The van der Waals surface area contributed by atoms with Crippen LogP contribution in [0.15, 0.2) is 28.7 Å². The molecule has 0 aliphatic rings. The van der Waals surface area contributed by atoms with Crippen molar-refractivity contribution in [3.63, 3.8) is 0 Å². The van der Waals surface area contributed by atoms with E-state index < -0.39 is 0 Å². The lowest BCUT2D eigenvalue weighted by Gasteiger charge is -2.13. The molecule has 0 spiro atoms. The zero-order chi connectivity index (χ0) is 15.4. The zero-order valence-electron chi connectivity index (χ0n) is 12.5. The molecule has 112 valence electrons. The quantitative estimate of drug-likeness (QED) is 0.847. The van der Waals surface area contributed by atoms with Crippen LogP contribution in [0.5, 0.6) is 5.75 Å². The Morgan fingerprint density at radius 3 is 2.67 bits per heavy atom. The van der Waals surface area contributed by atoms with E-state index in [1.54, 1.807) is 18.2 Å². The van der Waals surface area contributed by atoms with Gasteiger partial charge in [0.1, 0.15) is 11.6 Å². The van der Waals surface area contributed by atoms with Gasteiger partial charge >= 0.3 is 0 Å². The van der Waals surface area contributed by atoms with Crippen molar-refractivity contribution in [1.29, 1.82) is 0 Å². The van der Waals surface area contributed by atoms with Crippen LogP contribution in [0.25, 0.3) is 11.4 Å². The van der Waals surface area contributed by atoms with Crippen LogP contribution in [-0.4, -0.2) is 21.6 Å². The van der Waals surface area contributed by atoms with Gasteiger partial charge in [0, 0.05) is 12.1 Å². The molecule has 0 amide bonds. The summed E-state index contributed by atoms with van der Waals surface area (Å²) in [7, 11) is 0. The molecule has 21 heavy (non-hydrogen) atoms. The van der Waals surface area contributed by atoms with Crippen molar-refractivity contribution in [3.05, 3.63) is 34.4 Å². The first-order valence-electron chi connectivity index (χ1n) is 7.11. The van der Waals surface area contributed by atoms with Crippen molar-refractivity contribution in [2.45, 2.75) is 27.2 Å². The van der Waals surface area contributed by atoms with E-state index >= 15 is 0 Å². The third-order valence-corrected chi connectivity index (χ3v) is 3.80. The van der Waals surface area contributed by atoms with Gasteiger partial charge in [-0.1, -0.05) is 26.0 Å². The van der Waals surface area contributed by atoms with Crippen molar-refractivity contribution in [3.8, 4) is 17.1 Å². The molecule has 4 nitrogen and oxygen atoms in total. The number of phenols is 1. The summed E-state index contributed by atoms with van der Waals surface area (Å²) in [5.41, 5.74) is 1.79. The lowest BCUT2D eigenvalue weighted by Crippen LogP contribution is -2.08. The van der Waals surface area contributed by atoms with Gasteiger partial charge < -0.3 is 10.4 Å². The molecule has 0 saturated carbocycles. The molecule has 0 saturated heterocycles. The van der Waals surface area contributed by atoms with Crippen molar-refractivity contribution in [2.24, 2.45) is 5.92 Å². The predicted molar refractivity (Wildman–Crippen MR) is 89.5 cm³/mol. The maximum absolute atomic E-state index is 9.64. The number of nitrogens with zero attached hydrogens (tertiary/aromatic N) is 2. The Morgan fingerprint density at radius 1 is 1.29 bits per heavy atom. The van der Waals surface area contributed by atoms with Crippen LogP contribution in [0.3, 0.4) is 0 Å². The number of anilines is 1. The van der Waals surface area contributed by atoms with Gasteiger partial charge in [-0.3, -0.25) is 0 Å². The third-order valence-electron chi connectivity index (χ3n) is 2.97. The SMILES string of the molecule is CCNc1nc(-c2cccc(O)c2)nc(CC(C)C)c1Br. The summed E-state index contributed by atoms with van der Waals surface area (Å²) in [4.78, 5) is 9.22. The lowest BCUT2D eigenvalue weighted by atomic mass is 10.1. The van der Waals surface area contributed by atoms with Crippen molar-refractivity contribution < 1.29 is 5.11 Å². The third kappa shape index (κ3) is 3.94. The van der Waals surface area contributed by atoms with E-state index in [0.717, 1.165) is 34.5 Å². The molecule has 1 heterocycles. The molecule has 1 aromatic heterocycles. The van der Waals surface area contributed by atoms with Gasteiger partial charge in [-0.25, -0.2) is 9.97 Å². The second-order valence-electron chi connectivity index (χ2n) is 5.34. The average molecular weight is 350 g/mol. The van der Waals surface area contributed by atoms with E-state index in [1.807, 2.05) is 13.0 Å². The van der Waals surface area contributed by atoms with Crippen molar-refractivity contribution in [1.82, 2.24) is 9.97 Å². The fourth-order valence-corrected chi connectivity index (χ4v) is 2.55. The number of benzene rings is 1. The second-order valence-corrected chi connectivity index (χ2v) is 6.13. The molecule has 2 N–H and O–H groups in total. The smallest absolute Gasteiger partial charge is 0.161 e. The average Bonchev–Trinajstić information content (AvgIpc) is 2.42. The van der Waals surface area contributed by atoms with E-state index in [1.165, 1.54) is 0 Å². The molecule has 0 aliphatic carbocycles. The summed E-state index contributed by atoms with van der Waals surface area (Å²) in [6.45, 7) is 7.14. The highest BCUT2D eigenvalue weighted by atomic mass is 79.9. The van der Waals surface area contributed by atoms with Crippen LogP contribution < -0.4 is 5.32 Å². The van der Waals surface area contributed by atoms with Crippen LogP contribution in [0.4, 0.5) is 5.82 Å². The highest BCUT2D eigenvalue weighted by Gasteiger charge is 2.14. The van der Waals surface area contributed by atoms with E-state index in [0.29, 0.717) is 11.7 Å². The van der Waals surface area contributed by atoms with Crippen LogP contribution in [0.1, 0.15) is 26.5 Å². The van der Waals surface area contributed by atoms with Gasteiger partial charge in [0.25, 0.3) is 0 Å². The Hall–Kier alpha value is -1.62. The van der Waals surface area contributed by atoms with Crippen LogP contribution in [0.2, 0.25) is 0 Å². The molecule has 1 aromatic carbocycles. The Labute approximate surface area is 133 Å². The Morgan fingerprint density at radius 2 is 2.05 bits per heavy atom. The van der Waals surface area contributed by atoms with Gasteiger partial charge in [-0.15, -0.1) is 0 Å². The van der Waals surface area contributed by atoms with Crippen molar-refractivity contribution in [2.75, 3.05) is 11.9 Å². The van der Waals surface area contributed by atoms with Crippen LogP contribution >= 0.6 is 15.9 Å². The van der Waals surface area contributed by atoms with E-state index in [2.05, 4.69) is 45.1 Å². The number of hydrogen-bond donors (Lipinski definition) is 2. The molecule has 0 unspecified atom stereocenters. The molecule has 0 radical (unpaired) electrons. The summed E-state index contributed by atoms with van der Waals surface area (Å²) in [6, 6.07) is 7.02. The Balaban J connectivity index is 2.52. The van der Waals surface area contributed by atoms with Gasteiger partial charge in [0.2, 0.25) is 0 Å². The number of rotatable bonds is 5. The van der Waals surface area contributed by atoms with Crippen molar-refractivity contribution >= 4 is 21.7 Å². The maximum Gasteiger partial charge on any atom is 0.161 e. The molecule has 0 fully saturated rings. The fraction of sp³-hybridized carbons (Fsp3) is 0.375. The molecular formula is C16H20BrN3O. The minimum atomic E-state index is 0.217. The molecular weight excluding hydrogens is 330 g/mol. The molecule has 0 bridgehead atoms. The number of nitrogens with one attached hydrogen (secondary N) is 1. The highest BCUT2D eigenvalue weighted by molar-refractivity contribution is 9.10. The lowest BCUT2D eigenvalue weighted by molar-refractivity contribution is 0.475. The molecule has 2 aromatic rings. The van der Waals surface area contributed by atoms with Gasteiger partial charge in [-0.2, -0.15) is 0 Å². The predicted octanol–water partition coefficient (Wildman–Crippen LogP) is 4.24. The largest absolute Gasteiger partial charge is 0.508 e. The first-order chi connectivity index (χ1) is 10.0. The molecule has 5 heteroatoms. The Kier molecular flexibility index (Phi) is 5.17. The number of phenolic OH excluding ortho intramolecular Hbond substituents is 1. The highest BCUT2D eigenvalue weighted by Crippen LogP contribution is 2.29. The normalized spacial score (nSPS) is 10.9. The molecule has 0 atom stereocenters. The fourth-order valence-electron chi connectivity index (χ4n) is 2.07. The first-order valence-corrected chi connectivity index (χ1v) is 7.90. The minimum absolute atomic E-state index is 0.217.